The van der Waals surface area contributed by atoms with Crippen molar-refractivity contribution in [3.8, 4) is 5.75 Å². The van der Waals surface area contributed by atoms with E-state index in [9.17, 15) is 13.2 Å². The largest absolute Gasteiger partial charge is 0.573 e. The third-order valence-corrected chi connectivity index (χ3v) is 3.40. The maximum Gasteiger partial charge on any atom is 0.573 e. The summed E-state index contributed by atoms with van der Waals surface area (Å²) in [7, 11) is 0. The van der Waals surface area contributed by atoms with E-state index < -0.39 is 11.8 Å². The number of para-hydroxylation sites is 1. The van der Waals surface area contributed by atoms with Crippen molar-refractivity contribution in [2.24, 2.45) is 0 Å². The number of hydrogen-bond donors (Lipinski definition) is 1. The molecule has 0 saturated heterocycles. The molecular weight excluding hydrogens is 279 g/mol. The smallest absolute Gasteiger partial charge is 0.405 e. The Bertz CT molecular complexity index is 443. The molecule has 0 bridgehead atoms. The van der Waals surface area contributed by atoms with E-state index in [0.29, 0.717) is 5.56 Å². The molecule has 1 aromatic carbocycles. The first kappa shape index (κ1) is 17.8. The van der Waals surface area contributed by atoms with Crippen LogP contribution in [0.4, 0.5) is 13.2 Å². The lowest BCUT2D eigenvalue weighted by atomic mass is 9.79. The zero-order valence-electron chi connectivity index (χ0n) is 13.1. The van der Waals surface area contributed by atoms with Gasteiger partial charge in [0.05, 0.1) is 0 Å². The predicted molar refractivity (Wildman–Crippen MR) is 78.5 cm³/mol. The number of hydrogen-bond acceptors (Lipinski definition) is 2. The van der Waals surface area contributed by atoms with Crippen LogP contribution >= 0.6 is 0 Å². The van der Waals surface area contributed by atoms with Gasteiger partial charge in [-0.15, -0.1) is 13.2 Å². The molecule has 0 heterocycles. The van der Waals surface area contributed by atoms with Gasteiger partial charge >= 0.3 is 6.36 Å². The molecule has 1 rings (SSSR count). The Morgan fingerprint density at radius 1 is 1.19 bits per heavy atom. The second-order valence-electron chi connectivity index (χ2n) is 5.99. The molecule has 2 nitrogen and oxygen atoms in total. The van der Waals surface area contributed by atoms with Crippen molar-refractivity contribution in [2.45, 2.75) is 58.4 Å². The fraction of sp³-hybridized carbons (Fsp3) is 0.625. The maximum atomic E-state index is 12.5. The number of halogens is 3. The topological polar surface area (TPSA) is 21.3 Å². The molecule has 1 N–H and O–H groups in total. The first-order valence-electron chi connectivity index (χ1n) is 7.24. The normalized spacial score (nSPS) is 14.0. The zero-order valence-corrected chi connectivity index (χ0v) is 13.1. The molecule has 0 radical (unpaired) electrons. The molecule has 0 aliphatic carbocycles. The van der Waals surface area contributed by atoms with Crippen LogP contribution in [0.2, 0.25) is 0 Å². The minimum Gasteiger partial charge on any atom is -0.405 e. The van der Waals surface area contributed by atoms with Crippen molar-refractivity contribution in [1.82, 2.24) is 5.32 Å². The fourth-order valence-corrected chi connectivity index (χ4v) is 2.58. The highest BCUT2D eigenvalue weighted by Crippen LogP contribution is 2.37. The van der Waals surface area contributed by atoms with Gasteiger partial charge in [0, 0.05) is 11.6 Å². The minimum atomic E-state index is -4.67. The standard InChI is InChI=1S/C16H24F3NO/c1-5-10-20-12(2)11-15(3,4)13-8-6-7-9-14(13)21-16(17,18)19/h6-9,12,20H,5,10-11H2,1-4H3. The van der Waals surface area contributed by atoms with E-state index in [2.05, 4.69) is 17.0 Å². The molecular formula is C16H24F3NO. The first-order valence-corrected chi connectivity index (χ1v) is 7.24. The quantitative estimate of drug-likeness (QED) is 0.792. The van der Waals surface area contributed by atoms with Gasteiger partial charge in [0.25, 0.3) is 0 Å². The van der Waals surface area contributed by atoms with Gasteiger partial charge in [-0.2, -0.15) is 0 Å². The van der Waals surface area contributed by atoms with E-state index >= 15 is 0 Å². The lowest BCUT2D eigenvalue weighted by Crippen LogP contribution is -2.34. The van der Waals surface area contributed by atoms with Gasteiger partial charge in [-0.1, -0.05) is 39.0 Å². The van der Waals surface area contributed by atoms with E-state index in [-0.39, 0.29) is 11.8 Å². The van der Waals surface area contributed by atoms with Gasteiger partial charge in [-0.3, -0.25) is 0 Å². The molecule has 0 fully saturated rings. The average Bonchev–Trinajstić information content (AvgIpc) is 2.34. The number of benzene rings is 1. The Kier molecular flexibility index (Phi) is 6.08. The second-order valence-corrected chi connectivity index (χ2v) is 5.99. The predicted octanol–water partition coefficient (Wildman–Crippen LogP) is 4.64. The molecule has 0 aromatic heterocycles. The van der Waals surface area contributed by atoms with Crippen LogP contribution in [-0.2, 0) is 5.41 Å². The molecule has 0 aliphatic rings. The summed E-state index contributed by atoms with van der Waals surface area (Å²) >= 11 is 0. The van der Waals surface area contributed by atoms with Crippen LogP contribution in [0.15, 0.2) is 24.3 Å². The van der Waals surface area contributed by atoms with Gasteiger partial charge in [0.15, 0.2) is 0 Å². The van der Waals surface area contributed by atoms with Crippen LogP contribution in [-0.4, -0.2) is 18.9 Å². The van der Waals surface area contributed by atoms with Crippen molar-refractivity contribution >= 4 is 0 Å². The van der Waals surface area contributed by atoms with Crippen molar-refractivity contribution in [3.05, 3.63) is 29.8 Å². The van der Waals surface area contributed by atoms with E-state index in [1.807, 2.05) is 20.8 Å². The third kappa shape index (κ3) is 5.96. The van der Waals surface area contributed by atoms with Crippen LogP contribution in [0, 0.1) is 0 Å². The Morgan fingerprint density at radius 3 is 2.38 bits per heavy atom. The Labute approximate surface area is 124 Å². The van der Waals surface area contributed by atoms with Gasteiger partial charge in [0.1, 0.15) is 5.75 Å². The third-order valence-electron chi connectivity index (χ3n) is 3.40. The highest BCUT2D eigenvalue weighted by molar-refractivity contribution is 5.39. The molecule has 0 amide bonds. The lowest BCUT2D eigenvalue weighted by molar-refractivity contribution is -0.275. The van der Waals surface area contributed by atoms with E-state index in [4.69, 9.17) is 0 Å². The minimum absolute atomic E-state index is 0.113. The fourth-order valence-electron chi connectivity index (χ4n) is 2.58. The first-order chi connectivity index (χ1) is 9.65. The Balaban J connectivity index is 2.91. The number of alkyl halides is 3. The molecule has 5 heteroatoms. The summed E-state index contributed by atoms with van der Waals surface area (Å²) < 4.78 is 41.7. The van der Waals surface area contributed by atoms with E-state index in [0.717, 1.165) is 19.4 Å². The molecule has 0 aliphatic heterocycles. The molecule has 120 valence electrons. The molecule has 1 unspecified atom stereocenters. The maximum absolute atomic E-state index is 12.5. The molecule has 1 aromatic rings. The second kappa shape index (κ2) is 7.16. The summed E-state index contributed by atoms with van der Waals surface area (Å²) in [5, 5.41) is 3.36. The monoisotopic (exact) mass is 303 g/mol. The van der Waals surface area contributed by atoms with Crippen LogP contribution < -0.4 is 10.1 Å². The summed E-state index contributed by atoms with van der Waals surface area (Å²) in [6.45, 7) is 8.91. The number of ether oxygens (including phenoxy) is 1. The highest BCUT2D eigenvalue weighted by Gasteiger charge is 2.34. The SMILES string of the molecule is CCCNC(C)CC(C)(C)c1ccccc1OC(F)(F)F. The van der Waals surface area contributed by atoms with Gasteiger partial charge in [-0.05, 0) is 37.8 Å². The summed E-state index contributed by atoms with van der Waals surface area (Å²) in [4.78, 5) is 0. The molecule has 0 saturated carbocycles. The summed E-state index contributed by atoms with van der Waals surface area (Å²) in [6.07, 6.45) is -2.91. The van der Waals surface area contributed by atoms with E-state index in [1.54, 1.807) is 18.2 Å². The van der Waals surface area contributed by atoms with Crippen LogP contribution in [0.1, 0.15) is 46.1 Å². The summed E-state index contributed by atoms with van der Waals surface area (Å²) in [6, 6.07) is 6.59. The number of nitrogens with one attached hydrogen (secondary N) is 1. The summed E-state index contributed by atoms with van der Waals surface area (Å²) in [5.41, 5.74) is 0.162. The lowest BCUT2D eigenvalue weighted by Gasteiger charge is -2.31. The number of rotatable bonds is 7. The van der Waals surface area contributed by atoms with Crippen molar-refractivity contribution in [2.75, 3.05) is 6.54 Å². The van der Waals surface area contributed by atoms with Crippen molar-refractivity contribution < 1.29 is 17.9 Å². The van der Waals surface area contributed by atoms with Crippen LogP contribution in [0.3, 0.4) is 0 Å². The molecule has 1 atom stereocenters. The van der Waals surface area contributed by atoms with E-state index in [1.165, 1.54) is 6.07 Å². The summed E-state index contributed by atoms with van der Waals surface area (Å²) in [5.74, 6) is -0.113. The van der Waals surface area contributed by atoms with Crippen LogP contribution in [0.5, 0.6) is 5.75 Å². The zero-order chi connectivity index (χ0) is 16.1. The Morgan fingerprint density at radius 2 is 1.81 bits per heavy atom. The van der Waals surface area contributed by atoms with Crippen molar-refractivity contribution in [3.63, 3.8) is 0 Å². The van der Waals surface area contributed by atoms with Gasteiger partial charge in [0.2, 0.25) is 0 Å². The molecule has 21 heavy (non-hydrogen) atoms. The average molecular weight is 303 g/mol. The van der Waals surface area contributed by atoms with Crippen LogP contribution in [0.25, 0.3) is 0 Å². The highest BCUT2D eigenvalue weighted by atomic mass is 19.4. The Hall–Kier alpha value is -1.23. The van der Waals surface area contributed by atoms with Gasteiger partial charge in [-0.25, -0.2) is 0 Å². The molecule has 0 spiro atoms. The van der Waals surface area contributed by atoms with Gasteiger partial charge < -0.3 is 10.1 Å². The van der Waals surface area contributed by atoms with Crippen molar-refractivity contribution in [1.29, 1.82) is 0 Å².